The molecular formula is C18H16O3. The van der Waals surface area contributed by atoms with E-state index in [4.69, 9.17) is 9.47 Å². The number of benzene rings is 2. The molecule has 0 saturated heterocycles. The summed E-state index contributed by atoms with van der Waals surface area (Å²) in [5.41, 5.74) is 1.15. The second-order valence-electron chi connectivity index (χ2n) is 5.30. The van der Waals surface area contributed by atoms with Crippen molar-refractivity contribution in [1.82, 2.24) is 0 Å². The highest BCUT2D eigenvalue weighted by molar-refractivity contribution is 5.87. The molecule has 1 aliphatic heterocycles. The Balaban J connectivity index is 2.18. The Bertz CT molecular complexity index is 685. The first-order valence-corrected chi connectivity index (χ1v) is 6.78. The van der Waals surface area contributed by atoms with Crippen LogP contribution in [0.15, 0.2) is 60.7 Å². The SMILES string of the molecule is C=C(C)C(=O)OC1(C)c2ccccc2Oc2ccccc21. The molecule has 0 aromatic heterocycles. The maximum Gasteiger partial charge on any atom is 0.334 e. The number of para-hydroxylation sites is 2. The molecule has 0 unspecified atom stereocenters. The Morgan fingerprint density at radius 1 is 1.05 bits per heavy atom. The summed E-state index contributed by atoms with van der Waals surface area (Å²) < 4.78 is 11.7. The number of rotatable bonds is 2. The Labute approximate surface area is 123 Å². The fourth-order valence-electron chi connectivity index (χ4n) is 2.55. The minimum Gasteiger partial charge on any atom is -0.456 e. The summed E-state index contributed by atoms with van der Waals surface area (Å²) in [6, 6.07) is 15.2. The summed E-state index contributed by atoms with van der Waals surface area (Å²) >= 11 is 0. The molecule has 0 amide bonds. The fraction of sp³-hybridized carbons (Fsp3) is 0.167. The highest BCUT2D eigenvalue weighted by Crippen LogP contribution is 2.48. The van der Waals surface area contributed by atoms with Gasteiger partial charge in [0.2, 0.25) is 0 Å². The molecule has 21 heavy (non-hydrogen) atoms. The van der Waals surface area contributed by atoms with Gasteiger partial charge in [0.15, 0.2) is 5.60 Å². The normalized spacial score (nSPS) is 14.4. The summed E-state index contributed by atoms with van der Waals surface area (Å²) in [5.74, 6) is 0.991. The van der Waals surface area contributed by atoms with Gasteiger partial charge in [-0.05, 0) is 26.0 Å². The number of hydrogen-bond acceptors (Lipinski definition) is 3. The third-order valence-electron chi connectivity index (χ3n) is 3.67. The molecule has 3 heteroatoms. The van der Waals surface area contributed by atoms with E-state index in [1.165, 1.54) is 0 Å². The first-order valence-electron chi connectivity index (χ1n) is 6.78. The number of fused-ring (bicyclic) bond motifs is 2. The largest absolute Gasteiger partial charge is 0.456 e. The van der Waals surface area contributed by atoms with Crippen LogP contribution in [0.3, 0.4) is 0 Å². The minimum absolute atomic E-state index is 0.373. The molecule has 2 aromatic rings. The molecule has 0 radical (unpaired) electrons. The first kappa shape index (κ1) is 13.4. The van der Waals surface area contributed by atoms with Crippen LogP contribution >= 0.6 is 0 Å². The maximum absolute atomic E-state index is 12.1. The van der Waals surface area contributed by atoms with Gasteiger partial charge in [-0.3, -0.25) is 0 Å². The average Bonchev–Trinajstić information content (AvgIpc) is 2.47. The van der Waals surface area contributed by atoms with E-state index in [1.54, 1.807) is 6.92 Å². The van der Waals surface area contributed by atoms with Crippen molar-refractivity contribution in [3.8, 4) is 11.5 Å². The Morgan fingerprint density at radius 3 is 2.00 bits per heavy atom. The molecule has 1 heterocycles. The van der Waals surface area contributed by atoms with Crippen molar-refractivity contribution < 1.29 is 14.3 Å². The first-order chi connectivity index (χ1) is 10.0. The van der Waals surface area contributed by atoms with Gasteiger partial charge in [0, 0.05) is 16.7 Å². The van der Waals surface area contributed by atoms with Crippen LogP contribution in [0.1, 0.15) is 25.0 Å². The average molecular weight is 280 g/mol. The van der Waals surface area contributed by atoms with E-state index in [0.717, 1.165) is 11.1 Å². The van der Waals surface area contributed by atoms with Crippen molar-refractivity contribution in [1.29, 1.82) is 0 Å². The molecule has 0 bridgehead atoms. The maximum atomic E-state index is 12.1. The predicted octanol–water partition coefficient (Wildman–Crippen LogP) is 4.18. The molecule has 0 atom stereocenters. The molecule has 3 nitrogen and oxygen atoms in total. The van der Waals surface area contributed by atoms with E-state index in [2.05, 4.69) is 6.58 Å². The predicted molar refractivity (Wildman–Crippen MR) is 80.3 cm³/mol. The van der Waals surface area contributed by atoms with Crippen LogP contribution in [0.2, 0.25) is 0 Å². The van der Waals surface area contributed by atoms with Crippen molar-refractivity contribution in [3.05, 3.63) is 71.8 Å². The second-order valence-corrected chi connectivity index (χ2v) is 5.30. The van der Waals surface area contributed by atoms with Gasteiger partial charge in [0.25, 0.3) is 0 Å². The Kier molecular flexibility index (Phi) is 3.05. The topological polar surface area (TPSA) is 35.5 Å². The van der Waals surface area contributed by atoms with Gasteiger partial charge in [0.05, 0.1) is 0 Å². The summed E-state index contributed by atoms with van der Waals surface area (Å²) in [5, 5.41) is 0. The van der Waals surface area contributed by atoms with E-state index in [1.807, 2.05) is 55.5 Å². The number of ether oxygens (including phenoxy) is 2. The molecule has 1 aliphatic rings. The number of carbonyl (C=O) groups is 1. The van der Waals surface area contributed by atoms with Gasteiger partial charge in [-0.1, -0.05) is 43.0 Å². The lowest BCUT2D eigenvalue weighted by molar-refractivity contribution is -0.150. The Morgan fingerprint density at radius 2 is 1.52 bits per heavy atom. The van der Waals surface area contributed by atoms with Crippen LogP contribution in [0.5, 0.6) is 11.5 Å². The molecule has 0 spiro atoms. The molecular weight excluding hydrogens is 264 g/mol. The number of hydrogen-bond donors (Lipinski definition) is 0. The van der Waals surface area contributed by atoms with Crippen molar-refractivity contribution >= 4 is 5.97 Å². The molecule has 3 rings (SSSR count). The fourth-order valence-corrected chi connectivity index (χ4v) is 2.55. The second kappa shape index (κ2) is 4.77. The molecule has 2 aromatic carbocycles. The lowest BCUT2D eigenvalue weighted by Gasteiger charge is -2.36. The minimum atomic E-state index is -0.887. The van der Waals surface area contributed by atoms with E-state index < -0.39 is 11.6 Å². The van der Waals surface area contributed by atoms with Crippen molar-refractivity contribution in [2.45, 2.75) is 19.4 Å². The summed E-state index contributed by atoms with van der Waals surface area (Å²) in [4.78, 5) is 12.1. The van der Waals surface area contributed by atoms with Crippen molar-refractivity contribution in [2.75, 3.05) is 0 Å². The van der Waals surface area contributed by atoms with Gasteiger partial charge in [-0.15, -0.1) is 0 Å². The lowest BCUT2D eigenvalue weighted by atomic mass is 9.84. The van der Waals surface area contributed by atoms with E-state index >= 15 is 0 Å². The third kappa shape index (κ3) is 2.11. The molecule has 0 aliphatic carbocycles. The van der Waals surface area contributed by atoms with E-state index in [0.29, 0.717) is 17.1 Å². The van der Waals surface area contributed by atoms with Gasteiger partial charge < -0.3 is 9.47 Å². The standard InChI is InChI=1S/C18H16O3/c1-12(2)17(19)21-18(3)13-8-4-6-10-15(13)20-16-11-7-5-9-14(16)18/h4-11H,1H2,2-3H3. The van der Waals surface area contributed by atoms with Gasteiger partial charge in [0.1, 0.15) is 11.5 Å². The van der Waals surface area contributed by atoms with Crippen LogP contribution < -0.4 is 4.74 Å². The van der Waals surface area contributed by atoms with Gasteiger partial charge in [-0.2, -0.15) is 0 Å². The highest BCUT2D eigenvalue weighted by Gasteiger charge is 2.41. The zero-order valence-electron chi connectivity index (χ0n) is 12.1. The van der Waals surface area contributed by atoms with E-state index in [9.17, 15) is 4.79 Å². The van der Waals surface area contributed by atoms with Crippen LogP contribution in [0, 0.1) is 0 Å². The van der Waals surface area contributed by atoms with Crippen molar-refractivity contribution in [3.63, 3.8) is 0 Å². The number of carbonyl (C=O) groups excluding carboxylic acids is 1. The van der Waals surface area contributed by atoms with Crippen molar-refractivity contribution in [2.24, 2.45) is 0 Å². The Hall–Kier alpha value is -2.55. The summed E-state index contributed by atoms with van der Waals surface area (Å²) in [7, 11) is 0. The highest BCUT2D eigenvalue weighted by atomic mass is 16.6. The van der Waals surface area contributed by atoms with Gasteiger partial charge in [-0.25, -0.2) is 4.79 Å². The van der Waals surface area contributed by atoms with Crippen LogP contribution in [-0.4, -0.2) is 5.97 Å². The smallest absolute Gasteiger partial charge is 0.334 e. The zero-order valence-corrected chi connectivity index (χ0v) is 12.1. The molecule has 0 saturated carbocycles. The number of esters is 1. The quantitative estimate of drug-likeness (QED) is 0.611. The van der Waals surface area contributed by atoms with Crippen LogP contribution in [0.4, 0.5) is 0 Å². The monoisotopic (exact) mass is 280 g/mol. The molecule has 0 N–H and O–H groups in total. The zero-order chi connectivity index (χ0) is 15.0. The summed E-state index contributed by atoms with van der Waals surface area (Å²) in [6.07, 6.45) is 0. The van der Waals surface area contributed by atoms with Crippen LogP contribution in [-0.2, 0) is 15.1 Å². The van der Waals surface area contributed by atoms with E-state index in [-0.39, 0.29) is 0 Å². The third-order valence-corrected chi connectivity index (χ3v) is 3.67. The molecule has 106 valence electrons. The lowest BCUT2D eigenvalue weighted by Crippen LogP contribution is -2.33. The van der Waals surface area contributed by atoms with Gasteiger partial charge >= 0.3 is 5.97 Å². The molecule has 0 fully saturated rings. The van der Waals surface area contributed by atoms with Crippen LogP contribution in [0.25, 0.3) is 0 Å². The summed E-state index contributed by atoms with van der Waals surface area (Å²) in [6.45, 7) is 7.18.